The van der Waals surface area contributed by atoms with Gasteiger partial charge in [-0.15, -0.1) is 0 Å². The van der Waals surface area contributed by atoms with Crippen molar-refractivity contribution in [3.63, 3.8) is 0 Å². The average molecular weight is 113 g/mol. The Labute approximate surface area is 35.6 Å². The molecule has 5 heavy (non-hydrogen) atoms. The van der Waals surface area contributed by atoms with Crippen LogP contribution in [0, 0.1) is 0 Å². The molecule has 30 valence electrons. The van der Waals surface area contributed by atoms with Gasteiger partial charge >= 0.3 is 34.9 Å². The molecule has 0 aromatic carbocycles. The molecule has 0 rings (SSSR count). The van der Waals surface area contributed by atoms with Crippen LogP contribution in [0.2, 0.25) is 0 Å². The first-order valence-corrected chi connectivity index (χ1v) is 2.84. The predicted octanol–water partition coefficient (Wildman–Crippen LogP) is -1.34. The van der Waals surface area contributed by atoms with E-state index in [9.17, 15) is 3.32 Å². The maximum absolute atomic E-state index is 9.27. The van der Waals surface area contributed by atoms with Gasteiger partial charge in [0.1, 0.15) is 0 Å². The normalized spacial score (nSPS) is 7.60. The Bertz CT molecular complexity index is 42.2. The molecule has 0 aliphatic carbocycles. The standard InChI is InChI=1S/H2NO.H2O.O.Ti/c1-2;;;/h1H2;1H2;;/q-1;;;+2/p-1. The molecule has 0 bridgehead atoms. The Hall–Kier alpha value is 0.394. The van der Waals surface area contributed by atoms with Crippen LogP contribution >= 0.6 is 0 Å². The summed E-state index contributed by atoms with van der Waals surface area (Å²) in [6, 6.07) is 0. The molecule has 0 unspecified atom stereocenters. The second kappa shape index (κ2) is 2.62. The minimum absolute atomic E-state index is 3.33. The molecule has 0 radical (unpaired) electrons. The minimum atomic E-state index is -3.33. The monoisotopic (exact) mass is 113 g/mol. The molecule has 0 amide bonds. The fourth-order valence-corrected chi connectivity index (χ4v) is 0. The number of nitrogens with two attached hydrogens (primary N) is 1. The second-order valence-corrected chi connectivity index (χ2v) is 1.58. The zero-order valence-corrected chi connectivity index (χ0v) is 3.90. The molecule has 0 aromatic heterocycles. The topological polar surface area (TPSA) is 72.5 Å². The summed E-state index contributed by atoms with van der Waals surface area (Å²) in [6.45, 7) is 0. The summed E-state index contributed by atoms with van der Waals surface area (Å²) in [5, 5.41) is 0. The van der Waals surface area contributed by atoms with Crippen LogP contribution in [0.4, 0.5) is 0 Å². The molecule has 0 saturated carbocycles. The van der Waals surface area contributed by atoms with Crippen LogP contribution in [-0.4, -0.2) is 3.69 Å². The van der Waals surface area contributed by atoms with Crippen LogP contribution < -0.4 is 5.90 Å². The summed E-state index contributed by atoms with van der Waals surface area (Å²) >= 11 is -3.33. The van der Waals surface area contributed by atoms with E-state index in [1.807, 2.05) is 0 Å². The van der Waals surface area contributed by atoms with E-state index >= 15 is 0 Å². The molecule has 0 aliphatic heterocycles. The molecular formula is H3NO3Ti. The van der Waals surface area contributed by atoms with Crippen LogP contribution in [-0.2, 0) is 25.4 Å². The van der Waals surface area contributed by atoms with Crippen LogP contribution in [0.1, 0.15) is 0 Å². The van der Waals surface area contributed by atoms with E-state index in [1.165, 1.54) is 0 Å². The molecule has 0 saturated heterocycles. The number of rotatable bonds is 1. The van der Waals surface area contributed by atoms with E-state index in [4.69, 9.17) is 3.69 Å². The van der Waals surface area contributed by atoms with Gasteiger partial charge in [0, 0.05) is 0 Å². The summed E-state index contributed by atoms with van der Waals surface area (Å²) in [7, 11) is 0. The van der Waals surface area contributed by atoms with Gasteiger partial charge in [0.25, 0.3) is 0 Å². The summed E-state index contributed by atoms with van der Waals surface area (Å²) in [4.78, 5) is 0. The Morgan fingerprint density at radius 3 is 2.20 bits per heavy atom. The molecule has 3 N–H and O–H groups in total. The van der Waals surface area contributed by atoms with Crippen molar-refractivity contribution in [2.24, 2.45) is 5.90 Å². The van der Waals surface area contributed by atoms with Crippen molar-refractivity contribution in [1.82, 2.24) is 0 Å². The van der Waals surface area contributed by atoms with Gasteiger partial charge in [0.05, 0.1) is 0 Å². The Balaban J connectivity index is 2.85. The molecule has 4 nitrogen and oxygen atoms in total. The molecule has 0 aromatic rings. The zero-order chi connectivity index (χ0) is 4.28. The van der Waals surface area contributed by atoms with Gasteiger partial charge in [-0.2, -0.15) is 0 Å². The first-order valence-electron chi connectivity index (χ1n) is 0.868. The number of hydrogen-bond acceptors (Lipinski definition) is 3. The molecule has 5 heteroatoms. The maximum atomic E-state index is 9.27. The quantitative estimate of drug-likeness (QED) is 0.326. The van der Waals surface area contributed by atoms with E-state index in [2.05, 4.69) is 9.32 Å². The van der Waals surface area contributed by atoms with Crippen LogP contribution in [0.3, 0.4) is 0 Å². The third-order valence-electron chi connectivity index (χ3n) is 0.101. The number of hydrogen-bond donors (Lipinski definition) is 2. The summed E-state index contributed by atoms with van der Waals surface area (Å²) < 4.78 is 20.3. The Morgan fingerprint density at radius 2 is 2.20 bits per heavy atom. The molecule has 0 spiro atoms. The zero-order valence-electron chi connectivity index (χ0n) is 2.34. The van der Waals surface area contributed by atoms with Crippen LogP contribution in [0.5, 0.6) is 0 Å². The third kappa shape index (κ3) is 4.39. The molecule has 0 heterocycles. The molecular weight excluding hydrogens is 110 g/mol. The summed E-state index contributed by atoms with van der Waals surface area (Å²) in [5.41, 5.74) is 0. The van der Waals surface area contributed by atoms with Gasteiger partial charge in [0.15, 0.2) is 0 Å². The Morgan fingerprint density at radius 1 is 2.00 bits per heavy atom. The SMILES string of the molecule is N[O][Ti](=[O])[OH]. The fraction of sp³-hybridized carbons (Fsp3) is 0. The second-order valence-electron chi connectivity index (χ2n) is 0.384. The van der Waals surface area contributed by atoms with Crippen molar-refractivity contribution >= 4 is 0 Å². The Kier molecular flexibility index (Phi) is 2.83. The van der Waals surface area contributed by atoms with Gasteiger partial charge < -0.3 is 0 Å². The summed E-state index contributed by atoms with van der Waals surface area (Å²) in [6.07, 6.45) is 0. The first-order chi connectivity index (χ1) is 2.27. The third-order valence-corrected chi connectivity index (χ3v) is 0.416. The van der Waals surface area contributed by atoms with E-state index in [0.29, 0.717) is 0 Å². The van der Waals surface area contributed by atoms with E-state index in [1.54, 1.807) is 0 Å². The van der Waals surface area contributed by atoms with Crippen LogP contribution in [0.15, 0.2) is 0 Å². The van der Waals surface area contributed by atoms with E-state index in [0.717, 1.165) is 0 Å². The van der Waals surface area contributed by atoms with Gasteiger partial charge in [0.2, 0.25) is 0 Å². The van der Waals surface area contributed by atoms with E-state index in [-0.39, 0.29) is 0 Å². The van der Waals surface area contributed by atoms with Crippen LogP contribution in [0.25, 0.3) is 0 Å². The van der Waals surface area contributed by atoms with Gasteiger partial charge in [-0.1, -0.05) is 0 Å². The van der Waals surface area contributed by atoms with Crippen molar-refractivity contribution in [2.75, 3.05) is 0 Å². The fourth-order valence-electron chi connectivity index (χ4n) is 0. The van der Waals surface area contributed by atoms with Crippen molar-refractivity contribution in [1.29, 1.82) is 0 Å². The summed E-state index contributed by atoms with van der Waals surface area (Å²) in [5.74, 6) is 4.18. The molecule has 0 atom stereocenters. The van der Waals surface area contributed by atoms with Gasteiger partial charge in [-0.25, -0.2) is 0 Å². The van der Waals surface area contributed by atoms with Gasteiger partial charge in [-0.3, -0.25) is 0 Å². The van der Waals surface area contributed by atoms with E-state index < -0.39 is 18.6 Å². The molecule has 0 aliphatic rings. The first kappa shape index (κ1) is 5.39. The predicted molar refractivity (Wildman–Crippen MR) is 8.18 cm³/mol. The van der Waals surface area contributed by atoms with Crippen molar-refractivity contribution in [3.8, 4) is 0 Å². The van der Waals surface area contributed by atoms with Gasteiger partial charge in [-0.05, 0) is 0 Å². The van der Waals surface area contributed by atoms with Crippen molar-refractivity contribution in [2.45, 2.75) is 0 Å². The van der Waals surface area contributed by atoms with Crippen molar-refractivity contribution in [3.05, 3.63) is 0 Å². The average Bonchev–Trinajstić information content (AvgIpc) is 1.38. The molecule has 0 fully saturated rings. The van der Waals surface area contributed by atoms with Crippen molar-refractivity contribution < 1.29 is 29.0 Å².